The fourth-order valence-electron chi connectivity index (χ4n) is 3.36. The second kappa shape index (κ2) is 4.42. The van der Waals surface area contributed by atoms with Gasteiger partial charge in [-0.1, -0.05) is 12.8 Å². The largest absolute Gasteiger partial charge is 0.383 e. The van der Waals surface area contributed by atoms with Gasteiger partial charge in [0.15, 0.2) is 0 Å². The van der Waals surface area contributed by atoms with Gasteiger partial charge in [0.05, 0.1) is 12.6 Å². The Morgan fingerprint density at radius 1 is 1.53 bits per heavy atom. The third-order valence-corrected chi connectivity index (χ3v) is 4.41. The number of hydrogen-bond donors (Lipinski definition) is 1. The molecule has 1 N–H and O–H groups in total. The Hall–Kier alpha value is -0.870. The van der Waals surface area contributed by atoms with Crippen LogP contribution in [0, 0.1) is 5.41 Å². The average molecular weight is 235 g/mol. The molecule has 2 fully saturated rings. The Balaban J connectivity index is 1.77. The summed E-state index contributed by atoms with van der Waals surface area (Å²) in [6.45, 7) is 2.83. The second-order valence-electron chi connectivity index (χ2n) is 5.36. The third-order valence-electron chi connectivity index (χ3n) is 4.41. The minimum absolute atomic E-state index is 0.469. The van der Waals surface area contributed by atoms with Gasteiger partial charge in [0.25, 0.3) is 0 Å². The molecule has 17 heavy (non-hydrogen) atoms. The first-order valence-electron chi connectivity index (χ1n) is 6.59. The highest BCUT2D eigenvalue weighted by Gasteiger charge is 2.50. The zero-order chi connectivity index (χ0) is 11.7. The van der Waals surface area contributed by atoms with E-state index in [-0.39, 0.29) is 0 Å². The molecule has 0 aromatic carbocycles. The molecule has 0 radical (unpaired) electrons. The van der Waals surface area contributed by atoms with E-state index < -0.39 is 0 Å². The summed E-state index contributed by atoms with van der Waals surface area (Å²) < 4.78 is 7.39. The van der Waals surface area contributed by atoms with Crippen LogP contribution in [0.4, 0.5) is 0 Å². The molecule has 1 aromatic rings. The van der Waals surface area contributed by atoms with Gasteiger partial charge >= 0.3 is 0 Å². The monoisotopic (exact) mass is 235 g/mol. The van der Waals surface area contributed by atoms with Crippen LogP contribution in [0.3, 0.4) is 0 Å². The molecule has 0 bridgehead atoms. The molecule has 1 spiro atoms. The maximum absolute atomic E-state index is 5.15. The van der Waals surface area contributed by atoms with Crippen molar-refractivity contribution in [3.8, 4) is 0 Å². The summed E-state index contributed by atoms with van der Waals surface area (Å²) in [5.74, 6) is 1.20. The van der Waals surface area contributed by atoms with Crippen molar-refractivity contribution in [2.45, 2.75) is 38.3 Å². The average Bonchev–Trinajstić information content (AvgIpc) is 2.95. The molecule has 1 saturated heterocycles. The first kappa shape index (κ1) is 11.2. The quantitative estimate of drug-likeness (QED) is 0.864. The lowest BCUT2D eigenvalue weighted by Crippen LogP contribution is -2.55. The van der Waals surface area contributed by atoms with E-state index in [1.807, 2.05) is 6.20 Å². The summed E-state index contributed by atoms with van der Waals surface area (Å²) in [5.41, 5.74) is 0.510. The van der Waals surface area contributed by atoms with Crippen molar-refractivity contribution >= 4 is 0 Å². The van der Waals surface area contributed by atoms with Gasteiger partial charge in [-0.15, -0.1) is 0 Å². The maximum Gasteiger partial charge on any atom is 0.126 e. The van der Waals surface area contributed by atoms with Gasteiger partial charge in [-0.2, -0.15) is 0 Å². The number of hydrogen-bond acceptors (Lipinski definition) is 3. The lowest BCUT2D eigenvalue weighted by Gasteiger charge is -2.48. The van der Waals surface area contributed by atoms with Gasteiger partial charge in [0.1, 0.15) is 5.82 Å². The van der Waals surface area contributed by atoms with Crippen LogP contribution in [0.2, 0.25) is 0 Å². The summed E-state index contributed by atoms with van der Waals surface area (Å²) >= 11 is 0. The van der Waals surface area contributed by atoms with Gasteiger partial charge < -0.3 is 14.6 Å². The number of nitrogens with zero attached hydrogens (tertiary/aromatic N) is 2. The number of imidazole rings is 1. The van der Waals surface area contributed by atoms with Gasteiger partial charge in [-0.3, -0.25) is 0 Å². The number of ether oxygens (including phenoxy) is 1. The standard InChI is InChI=1S/C13H21N3O/c1-17-9-8-16-7-6-14-12(16)11-13(10-15-11)4-2-3-5-13/h6-7,11,15H,2-5,8-10H2,1H3. The zero-order valence-corrected chi connectivity index (χ0v) is 10.5. The fourth-order valence-corrected chi connectivity index (χ4v) is 3.36. The number of aromatic nitrogens is 2. The van der Waals surface area contributed by atoms with Crippen LogP contribution in [-0.4, -0.2) is 29.8 Å². The maximum atomic E-state index is 5.15. The molecule has 1 unspecified atom stereocenters. The van der Waals surface area contributed by atoms with Crippen LogP contribution >= 0.6 is 0 Å². The van der Waals surface area contributed by atoms with E-state index in [1.165, 1.54) is 38.1 Å². The number of methoxy groups -OCH3 is 1. The van der Waals surface area contributed by atoms with Gasteiger partial charge in [0.2, 0.25) is 0 Å². The molecule has 94 valence electrons. The smallest absolute Gasteiger partial charge is 0.126 e. The predicted octanol–water partition coefficient (Wildman–Crippen LogP) is 1.73. The Kier molecular flexibility index (Phi) is 2.92. The Bertz CT molecular complexity index is 382. The molecule has 4 heteroatoms. The van der Waals surface area contributed by atoms with Gasteiger partial charge in [-0.25, -0.2) is 4.98 Å². The van der Waals surface area contributed by atoms with E-state index in [1.54, 1.807) is 7.11 Å². The lowest BCUT2D eigenvalue weighted by atomic mass is 9.71. The molecular weight excluding hydrogens is 214 g/mol. The first-order chi connectivity index (χ1) is 8.36. The zero-order valence-electron chi connectivity index (χ0n) is 10.5. The third kappa shape index (κ3) is 1.79. The van der Waals surface area contributed by atoms with Crippen molar-refractivity contribution in [3.05, 3.63) is 18.2 Å². The van der Waals surface area contributed by atoms with E-state index in [2.05, 4.69) is 21.1 Å². The van der Waals surface area contributed by atoms with E-state index in [0.29, 0.717) is 11.5 Å². The highest BCUT2D eigenvalue weighted by atomic mass is 16.5. The molecule has 1 aliphatic carbocycles. The van der Waals surface area contributed by atoms with Crippen LogP contribution in [0.1, 0.15) is 37.5 Å². The van der Waals surface area contributed by atoms with Crippen molar-refractivity contribution in [2.75, 3.05) is 20.3 Å². The highest BCUT2D eigenvalue weighted by molar-refractivity contribution is 5.14. The molecular formula is C13H21N3O. The Morgan fingerprint density at radius 2 is 2.35 bits per heavy atom. The van der Waals surface area contributed by atoms with E-state index in [0.717, 1.165) is 13.2 Å². The van der Waals surface area contributed by atoms with E-state index in [4.69, 9.17) is 4.74 Å². The first-order valence-corrected chi connectivity index (χ1v) is 6.59. The Morgan fingerprint density at radius 3 is 3.00 bits per heavy atom. The van der Waals surface area contributed by atoms with E-state index in [9.17, 15) is 0 Å². The summed E-state index contributed by atoms with van der Waals surface area (Å²) in [6, 6.07) is 0.469. The van der Waals surface area contributed by atoms with Crippen LogP contribution in [0.25, 0.3) is 0 Å². The Labute approximate surface area is 102 Å². The molecule has 3 rings (SSSR count). The van der Waals surface area contributed by atoms with Crippen molar-refractivity contribution in [3.63, 3.8) is 0 Å². The minimum Gasteiger partial charge on any atom is -0.383 e. The van der Waals surface area contributed by atoms with Crippen molar-refractivity contribution < 1.29 is 4.74 Å². The molecule has 2 heterocycles. The SMILES string of the molecule is COCCn1ccnc1C1NCC12CCCC2. The molecule has 2 aliphatic rings. The molecule has 1 atom stereocenters. The second-order valence-corrected chi connectivity index (χ2v) is 5.36. The van der Waals surface area contributed by atoms with Crippen LogP contribution in [-0.2, 0) is 11.3 Å². The van der Waals surface area contributed by atoms with Crippen LogP contribution in [0.5, 0.6) is 0 Å². The van der Waals surface area contributed by atoms with Crippen molar-refractivity contribution in [2.24, 2.45) is 5.41 Å². The summed E-state index contributed by atoms with van der Waals surface area (Å²) in [6.07, 6.45) is 9.47. The highest BCUT2D eigenvalue weighted by Crippen LogP contribution is 2.52. The predicted molar refractivity (Wildman–Crippen MR) is 65.7 cm³/mol. The van der Waals surface area contributed by atoms with Crippen LogP contribution in [0.15, 0.2) is 12.4 Å². The molecule has 0 amide bonds. The van der Waals surface area contributed by atoms with Crippen molar-refractivity contribution in [1.29, 1.82) is 0 Å². The topological polar surface area (TPSA) is 39.1 Å². The summed E-state index contributed by atoms with van der Waals surface area (Å²) in [4.78, 5) is 4.55. The normalized spacial score (nSPS) is 26.3. The van der Waals surface area contributed by atoms with Gasteiger partial charge in [-0.05, 0) is 12.8 Å². The summed E-state index contributed by atoms with van der Waals surface area (Å²) in [5, 5.41) is 3.57. The minimum atomic E-state index is 0.469. The van der Waals surface area contributed by atoms with Crippen LogP contribution < -0.4 is 5.32 Å². The van der Waals surface area contributed by atoms with Gasteiger partial charge in [0, 0.05) is 38.0 Å². The molecule has 1 aliphatic heterocycles. The van der Waals surface area contributed by atoms with Crippen molar-refractivity contribution in [1.82, 2.24) is 14.9 Å². The molecule has 1 aromatic heterocycles. The summed E-state index contributed by atoms with van der Waals surface area (Å²) in [7, 11) is 1.75. The number of rotatable bonds is 4. The van der Waals surface area contributed by atoms with E-state index >= 15 is 0 Å². The lowest BCUT2D eigenvalue weighted by molar-refractivity contribution is 0.0784. The molecule has 1 saturated carbocycles. The fraction of sp³-hybridized carbons (Fsp3) is 0.769. The number of nitrogens with one attached hydrogen (secondary N) is 1. The molecule has 4 nitrogen and oxygen atoms in total.